The number of allylic oxidation sites excluding steroid dienone is 1. The summed E-state index contributed by atoms with van der Waals surface area (Å²) in [6.07, 6.45) is 3.02. The molecule has 1 fully saturated rings. The molecule has 1 aliphatic rings. The molecule has 0 amide bonds. The SMILES string of the molecule is C=CCn1c(SCc2ccc(Cl)c(Cl)c2)nnc1C1CC1c1ccccc1. The number of nitrogens with zero attached hydrogens (tertiary/aromatic N) is 3. The Kier molecular flexibility index (Phi) is 5.58. The lowest BCUT2D eigenvalue weighted by atomic mass is 10.1. The third-order valence-electron chi connectivity index (χ3n) is 4.76. The number of hydrogen-bond acceptors (Lipinski definition) is 3. The van der Waals surface area contributed by atoms with Crippen LogP contribution < -0.4 is 0 Å². The van der Waals surface area contributed by atoms with E-state index in [1.807, 2.05) is 24.3 Å². The summed E-state index contributed by atoms with van der Waals surface area (Å²) in [5.41, 5.74) is 2.48. The van der Waals surface area contributed by atoms with Gasteiger partial charge in [-0.2, -0.15) is 0 Å². The van der Waals surface area contributed by atoms with E-state index in [9.17, 15) is 0 Å². The number of benzene rings is 2. The first-order valence-corrected chi connectivity index (χ1v) is 10.6. The Hall–Kier alpha value is -1.75. The van der Waals surface area contributed by atoms with Crippen molar-refractivity contribution >= 4 is 35.0 Å². The Bertz CT molecular complexity index is 955. The normalized spacial score (nSPS) is 18.4. The van der Waals surface area contributed by atoms with Gasteiger partial charge < -0.3 is 4.57 Å². The van der Waals surface area contributed by atoms with Gasteiger partial charge in [-0.3, -0.25) is 0 Å². The molecule has 2 aromatic carbocycles. The smallest absolute Gasteiger partial charge is 0.191 e. The van der Waals surface area contributed by atoms with Crippen LogP contribution in [-0.2, 0) is 12.3 Å². The van der Waals surface area contributed by atoms with Crippen LogP contribution in [0.1, 0.15) is 35.2 Å². The van der Waals surface area contributed by atoms with Gasteiger partial charge in [0.15, 0.2) is 5.16 Å². The Labute approximate surface area is 173 Å². The summed E-state index contributed by atoms with van der Waals surface area (Å²) in [4.78, 5) is 0. The predicted octanol–water partition coefficient (Wildman–Crippen LogP) is 6.33. The van der Waals surface area contributed by atoms with Gasteiger partial charge in [0.25, 0.3) is 0 Å². The highest BCUT2D eigenvalue weighted by Crippen LogP contribution is 2.54. The highest BCUT2D eigenvalue weighted by atomic mass is 35.5. The fourth-order valence-electron chi connectivity index (χ4n) is 3.31. The number of thioether (sulfide) groups is 1. The second kappa shape index (κ2) is 8.09. The molecule has 27 heavy (non-hydrogen) atoms. The van der Waals surface area contributed by atoms with E-state index in [0.717, 1.165) is 28.7 Å². The van der Waals surface area contributed by atoms with E-state index in [-0.39, 0.29) is 0 Å². The van der Waals surface area contributed by atoms with Crippen molar-refractivity contribution in [2.45, 2.75) is 35.7 Å². The van der Waals surface area contributed by atoms with Crippen LogP contribution in [0.5, 0.6) is 0 Å². The minimum Gasteiger partial charge on any atom is -0.302 e. The highest BCUT2D eigenvalue weighted by molar-refractivity contribution is 7.98. The van der Waals surface area contributed by atoms with Gasteiger partial charge in [-0.25, -0.2) is 0 Å². The third kappa shape index (κ3) is 4.08. The van der Waals surface area contributed by atoms with Gasteiger partial charge in [0.05, 0.1) is 10.0 Å². The van der Waals surface area contributed by atoms with Crippen molar-refractivity contribution in [1.29, 1.82) is 0 Å². The lowest BCUT2D eigenvalue weighted by Gasteiger charge is -2.08. The zero-order valence-electron chi connectivity index (χ0n) is 14.7. The second-order valence-electron chi connectivity index (χ2n) is 6.64. The summed E-state index contributed by atoms with van der Waals surface area (Å²) < 4.78 is 2.18. The molecule has 1 heterocycles. The first-order valence-electron chi connectivity index (χ1n) is 8.83. The van der Waals surface area contributed by atoms with Crippen LogP contribution in [-0.4, -0.2) is 14.8 Å². The van der Waals surface area contributed by atoms with E-state index in [4.69, 9.17) is 23.2 Å². The largest absolute Gasteiger partial charge is 0.302 e. The minimum absolute atomic E-state index is 0.430. The van der Waals surface area contributed by atoms with Crippen molar-refractivity contribution in [2.75, 3.05) is 0 Å². The van der Waals surface area contributed by atoms with Gasteiger partial charge in [-0.05, 0) is 35.6 Å². The van der Waals surface area contributed by atoms with Crippen LogP contribution in [0.3, 0.4) is 0 Å². The van der Waals surface area contributed by atoms with Crippen LogP contribution in [0.2, 0.25) is 10.0 Å². The topological polar surface area (TPSA) is 30.7 Å². The van der Waals surface area contributed by atoms with Crippen molar-refractivity contribution in [1.82, 2.24) is 14.8 Å². The molecule has 0 N–H and O–H groups in total. The van der Waals surface area contributed by atoms with E-state index < -0.39 is 0 Å². The fourth-order valence-corrected chi connectivity index (χ4v) is 4.53. The molecule has 6 heteroatoms. The van der Waals surface area contributed by atoms with Crippen molar-refractivity contribution in [3.05, 3.63) is 88.2 Å². The highest BCUT2D eigenvalue weighted by Gasteiger charge is 2.43. The number of hydrogen-bond donors (Lipinski definition) is 0. The van der Waals surface area contributed by atoms with Crippen LogP contribution in [0, 0.1) is 0 Å². The Morgan fingerprint density at radius 1 is 1.07 bits per heavy atom. The average molecular weight is 416 g/mol. The number of rotatable bonds is 7. The van der Waals surface area contributed by atoms with E-state index in [0.29, 0.717) is 28.4 Å². The van der Waals surface area contributed by atoms with Crippen LogP contribution in [0.25, 0.3) is 0 Å². The third-order valence-corrected chi connectivity index (χ3v) is 6.54. The molecular weight excluding hydrogens is 397 g/mol. The summed E-state index contributed by atoms with van der Waals surface area (Å²) >= 11 is 13.8. The molecule has 1 aliphatic carbocycles. The first kappa shape index (κ1) is 18.6. The lowest BCUT2D eigenvalue weighted by molar-refractivity contribution is 0.677. The number of halogens is 2. The molecule has 0 radical (unpaired) electrons. The maximum absolute atomic E-state index is 6.12. The average Bonchev–Trinajstić information content (AvgIpc) is 3.39. The molecule has 4 rings (SSSR count). The molecule has 2 unspecified atom stereocenters. The standard InChI is InChI=1S/C21H19Cl2N3S/c1-2-10-26-20(17-12-16(17)15-6-4-3-5-7-15)24-25-21(26)27-13-14-8-9-18(22)19(23)11-14/h2-9,11,16-17H,1,10,12-13H2. The van der Waals surface area contributed by atoms with E-state index in [1.165, 1.54) is 5.56 Å². The predicted molar refractivity (Wildman–Crippen MR) is 113 cm³/mol. The second-order valence-corrected chi connectivity index (χ2v) is 8.39. The molecule has 1 aromatic heterocycles. The van der Waals surface area contributed by atoms with E-state index >= 15 is 0 Å². The molecular formula is C21H19Cl2N3S. The van der Waals surface area contributed by atoms with E-state index in [2.05, 4.69) is 51.7 Å². The summed E-state index contributed by atoms with van der Waals surface area (Å²) in [5.74, 6) is 2.78. The number of aromatic nitrogens is 3. The summed E-state index contributed by atoms with van der Waals surface area (Å²) in [6.45, 7) is 4.61. The van der Waals surface area contributed by atoms with Crippen LogP contribution >= 0.6 is 35.0 Å². The van der Waals surface area contributed by atoms with Gasteiger partial charge in [-0.1, -0.05) is 77.4 Å². The summed E-state index contributed by atoms with van der Waals surface area (Å²) in [6, 6.07) is 16.3. The Balaban J connectivity index is 1.51. The van der Waals surface area contributed by atoms with E-state index in [1.54, 1.807) is 11.8 Å². The molecule has 0 aliphatic heterocycles. The summed E-state index contributed by atoms with van der Waals surface area (Å²) in [7, 11) is 0. The monoisotopic (exact) mass is 415 g/mol. The molecule has 3 aromatic rings. The maximum Gasteiger partial charge on any atom is 0.191 e. The van der Waals surface area contributed by atoms with Gasteiger partial charge in [0.1, 0.15) is 5.82 Å². The van der Waals surface area contributed by atoms with Crippen molar-refractivity contribution in [3.63, 3.8) is 0 Å². The van der Waals surface area contributed by atoms with Crippen molar-refractivity contribution in [3.8, 4) is 0 Å². The lowest BCUT2D eigenvalue weighted by Crippen LogP contribution is -2.03. The quantitative estimate of drug-likeness (QED) is 0.333. The molecule has 3 nitrogen and oxygen atoms in total. The van der Waals surface area contributed by atoms with Gasteiger partial charge in [0.2, 0.25) is 0 Å². The van der Waals surface area contributed by atoms with Gasteiger partial charge in [-0.15, -0.1) is 16.8 Å². The van der Waals surface area contributed by atoms with Crippen LogP contribution in [0.15, 0.2) is 66.3 Å². The molecule has 138 valence electrons. The van der Waals surface area contributed by atoms with Crippen molar-refractivity contribution in [2.24, 2.45) is 0 Å². The first-order chi connectivity index (χ1) is 13.2. The molecule has 0 spiro atoms. The zero-order chi connectivity index (χ0) is 18.8. The molecule has 1 saturated carbocycles. The maximum atomic E-state index is 6.12. The van der Waals surface area contributed by atoms with Crippen molar-refractivity contribution < 1.29 is 0 Å². The summed E-state index contributed by atoms with van der Waals surface area (Å²) in [5, 5.41) is 11.0. The molecule has 2 atom stereocenters. The minimum atomic E-state index is 0.430. The zero-order valence-corrected chi connectivity index (χ0v) is 17.0. The fraction of sp³-hybridized carbons (Fsp3) is 0.238. The van der Waals surface area contributed by atoms with Gasteiger partial charge in [0, 0.05) is 18.2 Å². The van der Waals surface area contributed by atoms with Crippen LogP contribution in [0.4, 0.5) is 0 Å². The Morgan fingerprint density at radius 3 is 2.63 bits per heavy atom. The molecule has 0 bridgehead atoms. The Morgan fingerprint density at radius 2 is 1.89 bits per heavy atom. The molecule has 0 saturated heterocycles. The van der Waals surface area contributed by atoms with Gasteiger partial charge >= 0.3 is 0 Å².